The van der Waals surface area contributed by atoms with Crippen LogP contribution in [0.1, 0.15) is 35.9 Å². The average Bonchev–Trinajstić information content (AvgIpc) is 2.60. The first-order chi connectivity index (χ1) is 12.8. The van der Waals surface area contributed by atoms with Gasteiger partial charge in [0.05, 0.1) is 0 Å². The molecule has 0 saturated carbocycles. The molecular weight excluding hydrogens is 349 g/mol. The molecule has 2 aromatic rings. The van der Waals surface area contributed by atoms with Crippen molar-refractivity contribution < 1.29 is 14.3 Å². The van der Waals surface area contributed by atoms with Crippen molar-refractivity contribution in [3.8, 4) is 5.75 Å². The van der Waals surface area contributed by atoms with Gasteiger partial charge in [-0.05, 0) is 42.3 Å². The Morgan fingerprint density at radius 1 is 1.22 bits per heavy atom. The third kappa shape index (κ3) is 5.96. The second-order valence-electron chi connectivity index (χ2n) is 6.48. The average molecular weight is 373 g/mol. The maximum absolute atomic E-state index is 13.2. The molecule has 144 valence electrons. The molecule has 1 unspecified atom stereocenters. The summed E-state index contributed by atoms with van der Waals surface area (Å²) < 4.78 is 13.2. The molecule has 27 heavy (non-hydrogen) atoms. The van der Waals surface area contributed by atoms with Gasteiger partial charge < -0.3 is 21.9 Å². The number of nitrogen functional groups attached to an aromatic ring is 1. The highest BCUT2D eigenvalue weighted by Crippen LogP contribution is 2.18. The topological polar surface area (TPSA) is 126 Å². The Morgan fingerprint density at radius 2 is 1.89 bits per heavy atom. The number of guanidine groups is 1. The fraction of sp³-hybridized carbons (Fsp3) is 0.263. The minimum absolute atomic E-state index is 0.0622. The van der Waals surface area contributed by atoms with Crippen LogP contribution in [0.4, 0.5) is 10.1 Å². The minimum Gasteiger partial charge on any atom is -0.508 e. The zero-order valence-electron chi connectivity index (χ0n) is 15.2. The Hall–Kier alpha value is -3.13. The van der Waals surface area contributed by atoms with Gasteiger partial charge in [0.15, 0.2) is 5.96 Å². The number of carbonyl (C=O) groups is 1. The highest BCUT2D eigenvalue weighted by molar-refractivity contribution is 6.05. The molecular formula is C19H24FN5O2. The lowest BCUT2D eigenvalue weighted by molar-refractivity contribution is 0.0975. The fourth-order valence-electron chi connectivity index (χ4n) is 2.24. The molecule has 8 heteroatoms. The number of nitrogens with one attached hydrogen (secondary N) is 2. The smallest absolute Gasteiger partial charge is 0.257 e. The van der Waals surface area contributed by atoms with E-state index in [4.69, 9.17) is 11.5 Å². The number of aromatic hydroxyl groups is 1. The van der Waals surface area contributed by atoms with Gasteiger partial charge in [-0.1, -0.05) is 19.9 Å². The quantitative estimate of drug-likeness (QED) is 0.237. The minimum atomic E-state index is -0.795. The second kappa shape index (κ2) is 9.00. The van der Waals surface area contributed by atoms with Crippen LogP contribution in [-0.4, -0.2) is 23.5 Å². The van der Waals surface area contributed by atoms with Gasteiger partial charge in [0.1, 0.15) is 17.7 Å². The molecule has 0 saturated heterocycles. The van der Waals surface area contributed by atoms with E-state index >= 15 is 0 Å². The van der Waals surface area contributed by atoms with Crippen LogP contribution in [0, 0.1) is 11.7 Å². The van der Waals surface area contributed by atoms with Crippen LogP contribution in [0.5, 0.6) is 5.75 Å². The number of hydrogen-bond donors (Lipinski definition) is 5. The predicted molar refractivity (Wildman–Crippen MR) is 104 cm³/mol. The van der Waals surface area contributed by atoms with E-state index < -0.39 is 17.9 Å². The molecule has 7 N–H and O–H groups in total. The van der Waals surface area contributed by atoms with Crippen molar-refractivity contribution in [2.75, 3.05) is 12.3 Å². The Bertz CT molecular complexity index is 821. The SMILES string of the molecule is CC(C)CN=C(NC(=O)c1ccc(O)cc1)NC(N)c1ccc(F)cc1N. The summed E-state index contributed by atoms with van der Waals surface area (Å²) in [6.45, 7) is 4.44. The van der Waals surface area contributed by atoms with E-state index in [1.807, 2.05) is 13.8 Å². The maximum Gasteiger partial charge on any atom is 0.257 e. The van der Waals surface area contributed by atoms with Gasteiger partial charge in [-0.25, -0.2) is 4.39 Å². The molecule has 2 rings (SSSR count). The molecule has 0 radical (unpaired) electrons. The first-order valence-corrected chi connectivity index (χ1v) is 8.48. The molecule has 0 bridgehead atoms. The van der Waals surface area contributed by atoms with Crippen LogP contribution < -0.4 is 22.1 Å². The van der Waals surface area contributed by atoms with E-state index in [0.29, 0.717) is 17.7 Å². The lowest BCUT2D eigenvalue weighted by Crippen LogP contribution is -2.45. The number of carbonyl (C=O) groups excluding carboxylic acids is 1. The number of anilines is 1. The highest BCUT2D eigenvalue weighted by Gasteiger charge is 2.15. The van der Waals surface area contributed by atoms with E-state index in [0.717, 1.165) is 0 Å². The molecule has 0 heterocycles. The normalized spacial score (nSPS) is 12.7. The zero-order chi connectivity index (χ0) is 20.0. The number of phenolic OH excluding ortho intramolecular Hbond substituents is 1. The molecule has 0 spiro atoms. The van der Waals surface area contributed by atoms with Gasteiger partial charge in [-0.3, -0.25) is 15.1 Å². The van der Waals surface area contributed by atoms with E-state index in [-0.39, 0.29) is 23.3 Å². The number of hydrogen-bond acceptors (Lipinski definition) is 5. The largest absolute Gasteiger partial charge is 0.508 e. The summed E-state index contributed by atoms with van der Waals surface area (Å²) in [7, 11) is 0. The van der Waals surface area contributed by atoms with Crippen molar-refractivity contribution in [3.63, 3.8) is 0 Å². The molecule has 0 aromatic heterocycles. The Morgan fingerprint density at radius 3 is 2.48 bits per heavy atom. The Kier molecular flexibility index (Phi) is 6.73. The van der Waals surface area contributed by atoms with Crippen LogP contribution in [0.25, 0.3) is 0 Å². The first-order valence-electron chi connectivity index (χ1n) is 8.48. The number of nitrogens with zero attached hydrogens (tertiary/aromatic N) is 1. The van der Waals surface area contributed by atoms with Crippen LogP contribution in [0.2, 0.25) is 0 Å². The van der Waals surface area contributed by atoms with Crippen LogP contribution >= 0.6 is 0 Å². The van der Waals surface area contributed by atoms with E-state index in [2.05, 4.69) is 15.6 Å². The number of amides is 1. The summed E-state index contributed by atoms with van der Waals surface area (Å²) in [4.78, 5) is 16.8. The number of benzene rings is 2. The number of phenols is 1. The standard InChI is InChI=1S/C19H24FN5O2/c1-11(2)10-23-19(25-18(27)12-3-6-14(26)7-4-12)24-17(22)15-8-5-13(20)9-16(15)21/h3-9,11,17,26H,10,21-22H2,1-2H3,(H2,23,24,25,27). The molecule has 7 nitrogen and oxygen atoms in total. The predicted octanol–water partition coefficient (Wildman–Crippen LogP) is 2.10. The van der Waals surface area contributed by atoms with Crippen LogP contribution in [0.3, 0.4) is 0 Å². The number of aliphatic imine (C=N–C) groups is 1. The lowest BCUT2D eigenvalue weighted by Gasteiger charge is -2.19. The highest BCUT2D eigenvalue weighted by atomic mass is 19.1. The molecule has 2 aromatic carbocycles. The molecule has 1 atom stereocenters. The number of halogens is 1. The Balaban J connectivity index is 2.17. The van der Waals surface area contributed by atoms with Crippen molar-refractivity contribution in [3.05, 3.63) is 59.4 Å². The third-order valence-electron chi connectivity index (χ3n) is 3.65. The maximum atomic E-state index is 13.2. The summed E-state index contributed by atoms with van der Waals surface area (Å²) in [5.74, 6) is -0.369. The van der Waals surface area contributed by atoms with Crippen molar-refractivity contribution in [2.24, 2.45) is 16.6 Å². The van der Waals surface area contributed by atoms with E-state index in [9.17, 15) is 14.3 Å². The number of nitrogens with two attached hydrogens (primary N) is 2. The first kappa shape index (κ1) is 20.2. The summed E-state index contributed by atoms with van der Waals surface area (Å²) in [6, 6.07) is 9.72. The molecule has 0 fully saturated rings. The van der Waals surface area contributed by atoms with Crippen molar-refractivity contribution in [2.45, 2.75) is 20.0 Å². The van der Waals surface area contributed by atoms with Gasteiger partial charge in [-0.2, -0.15) is 0 Å². The number of rotatable bonds is 5. The molecule has 1 amide bonds. The lowest BCUT2D eigenvalue weighted by atomic mass is 10.1. The van der Waals surface area contributed by atoms with Crippen LogP contribution in [-0.2, 0) is 0 Å². The fourth-order valence-corrected chi connectivity index (χ4v) is 2.24. The zero-order valence-corrected chi connectivity index (χ0v) is 15.2. The summed E-state index contributed by atoms with van der Waals surface area (Å²) in [6.07, 6.45) is -0.795. The Labute approximate surface area is 157 Å². The summed E-state index contributed by atoms with van der Waals surface area (Å²) in [5.41, 5.74) is 12.9. The third-order valence-corrected chi connectivity index (χ3v) is 3.65. The summed E-state index contributed by atoms with van der Waals surface area (Å²) >= 11 is 0. The van der Waals surface area contributed by atoms with Gasteiger partial charge in [0.25, 0.3) is 5.91 Å². The molecule has 0 aliphatic rings. The molecule has 0 aliphatic heterocycles. The van der Waals surface area contributed by atoms with Gasteiger partial charge in [0, 0.05) is 23.4 Å². The van der Waals surface area contributed by atoms with Crippen LogP contribution in [0.15, 0.2) is 47.5 Å². The van der Waals surface area contributed by atoms with E-state index in [1.54, 1.807) is 0 Å². The molecule has 0 aliphatic carbocycles. The van der Waals surface area contributed by atoms with Crippen molar-refractivity contribution >= 4 is 17.6 Å². The monoisotopic (exact) mass is 373 g/mol. The summed E-state index contributed by atoms with van der Waals surface area (Å²) in [5, 5.41) is 14.9. The van der Waals surface area contributed by atoms with Crippen molar-refractivity contribution in [1.29, 1.82) is 0 Å². The van der Waals surface area contributed by atoms with Gasteiger partial charge in [-0.15, -0.1) is 0 Å². The second-order valence-corrected chi connectivity index (χ2v) is 6.48. The van der Waals surface area contributed by atoms with Crippen molar-refractivity contribution in [1.82, 2.24) is 10.6 Å². The van der Waals surface area contributed by atoms with Gasteiger partial charge >= 0.3 is 0 Å². The van der Waals surface area contributed by atoms with E-state index in [1.165, 1.54) is 42.5 Å². The van der Waals surface area contributed by atoms with Gasteiger partial charge in [0.2, 0.25) is 0 Å².